The molecule has 5 unspecified atom stereocenters. The second-order valence-corrected chi connectivity index (χ2v) is 6.44. The molecule has 5 atom stereocenters. The molecule has 6 heteroatoms. The van der Waals surface area contributed by atoms with Crippen molar-refractivity contribution < 1.29 is 28.8 Å². The van der Waals surface area contributed by atoms with Crippen LogP contribution in [0.4, 0.5) is 0 Å². The number of aliphatic hydroxyl groups is 1. The number of hydrogen-bond acceptors (Lipinski definition) is 6. The van der Waals surface area contributed by atoms with Gasteiger partial charge in [0.2, 0.25) is 0 Å². The Balaban J connectivity index is 1.52. The van der Waals surface area contributed by atoms with Gasteiger partial charge < -0.3 is 24.1 Å². The maximum absolute atomic E-state index is 12.0. The van der Waals surface area contributed by atoms with Gasteiger partial charge >= 0.3 is 5.97 Å². The summed E-state index contributed by atoms with van der Waals surface area (Å²) in [6.45, 7) is 3.92. The Labute approximate surface area is 141 Å². The molecule has 2 heterocycles. The van der Waals surface area contributed by atoms with Gasteiger partial charge in [-0.3, -0.25) is 0 Å². The average molecular weight is 336 g/mol. The highest BCUT2D eigenvalue weighted by Gasteiger charge is 2.55. The lowest BCUT2D eigenvalue weighted by molar-refractivity contribution is -0.230. The van der Waals surface area contributed by atoms with E-state index in [0.29, 0.717) is 5.56 Å². The summed E-state index contributed by atoms with van der Waals surface area (Å²) in [7, 11) is 0. The van der Waals surface area contributed by atoms with Crippen LogP contribution in [-0.4, -0.2) is 48.1 Å². The van der Waals surface area contributed by atoms with Gasteiger partial charge in [0, 0.05) is 6.42 Å². The highest BCUT2D eigenvalue weighted by molar-refractivity contribution is 5.89. The van der Waals surface area contributed by atoms with Crippen molar-refractivity contribution in [1.29, 1.82) is 0 Å². The molecule has 0 aliphatic carbocycles. The Morgan fingerprint density at radius 2 is 2.04 bits per heavy atom. The highest BCUT2D eigenvalue weighted by Crippen LogP contribution is 2.40. The number of rotatable bonds is 6. The fourth-order valence-electron chi connectivity index (χ4n) is 3.05. The number of aliphatic hydroxyl groups excluding tert-OH is 1. The molecule has 0 radical (unpaired) electrons. The van der Waals surface area contributed by atoms with Gasteiger partial charge in [-0.2, -0.15) is 0 Å². The van der Waals surface area contributed by atoms with Crippen LogP contribution in [0.3, 0.4) is 0 Å². The third-order valence-electron chi connectivity index (χ3n) is 4.42. The predicted octanol–water partition coefficient (Wildman–Crippen LogP) is 2.25. The van der Waals surface area contributed by atoms with Crippen LogP contribution in [-0.2, 0) is 18.9 Å². The molecule has 0 saturated carbocycles. The van der Waals surface area contributed by atoms with Crippen LogP contribution < -0.4 is 0 Å². The largest absolute Gasteiger partial charge is 0.459 e. The minimum Gasteiger partial charge on any atom is -0.459 e. The van der Waals surface area contributed by atoms with Crippen LogP contribution >= 0.6 is 0 Å². The average Bonchev–Trinajstić information content (AvgIpc) is 3.06. The first-order valence-electron chi connectivity index (χ1n) is 8.44. The second-order valence-electron chi connectivity index (χ2n) is 6.44. The molecule has 2 saturated heterocycles. The zero-order chi connectivity index (χ0) is 17.2. The molecular formula is C18H24O6. The molecule has 0 amide bonds. The topological polar surface area (TPSA) is 74.2 Å². The van der Waals surface area contributed by atoms with Crippen molar-refractivity contribution in [3.63, 3.8) is 0 Å². The molecule has 24 heavy (non-hydrogen) atoms. The molecule has 2 aliphatic heterocycles. The quantitative estimate of drug-likeness (QED) is 0.803. The lowest BCUT2D eigenvalue weighted by Gasteiger charge is -2.26. The molecule has 2 fully saturated rings. The van der Waals surface area contributed by atoms with Crippen molar-refractivity contribution in [3.8, 4) is 0 Å². The highest BCUT2D eigenvalue weighted by atomic mass is 16.8. The summed E-state index contributed by atoms with van der Waals surface area (Å²) in [4.78, 5) is 12.0. The van der Waals surface area contributed by atoms with Crippen LogP contribution in [0.5, 0.6) is 0 Å². The molecule has 0 spiro atoms. The van der Waals surface area contributed by atoms with Gasteiger partial charge in [-0.25, -0.2) is 4.79 Å². The molecule has 1 aromatic rings. The lowest BCUT2D eigenvalue weighted by atomic mass is 10.1. The number of carbonyl (C=O) groups excluding carboxylic acids is 1. The summed E-state index contributed by atoms with van der Waals surface area (Å²) in [6, 6.07) is 8.70. The van der Waals surface area contributed by atoms with Crippen LogP contribution in [0, 0.1) is 0 Å². The summed E-state index contributed by atoms with van der Waals surface area (Å²) in [6.07, 6.45) is 0.0590. The molecule has 132 valence electrons. The summed E-state index contributed by atoms with van der Waals surface area (Å²) in [5.74, 6) is -1.17. The van der Waals surface area contributed by atoms with Crippen LogP contribution in [0.15, 0.2) is 30.3 Å². The zero-order valence-electron chi connectivity index (χ0n) is 14.0. The lowest BCUT2D eigenvalue weighted by Crippen LogP contribution is -2.38. The van der Waals surface area contributed by atoms with Gasteiger partial charge in [-0.15, -0.1) is 0 Å². The first-order chi connectivity index (χ1) is 11.5. The number of hydrogen-bond donors (Lipinski definition) is 1. The van der Waals surface area contributed by atoms with Gasteiger partial charge in [-0.1, -0.05) is 31.5 Å². The van der Waals surface area contributed by atoms with Crippen molar-refractivity contribution >= 4 is 5.97 Å². The number of fused-ring (bicyclic) bond motifs is 1. The van der Waals surface area contributed by atoms with E-state index < -0.39 is 36.4 Å². The van der Waals surface area contributed by atoms with Crippen LogP contribution in [0.25, 0.3) is 0 Å². The third-order valence-corrected chi connectivity index (χ3v) is 4.42. The third kappa shape index (κ3) is 3.62. The van der Waals surface area contributed by atoms with E-state index in [9.17, 15) is 9.90 Å². The van der Waals surface area contributed by atoms with E-state index in [-0.39, 0.29) is 6.61 Å². The van der Waals surface area contributed by atoms with Crippen LogP contribution in [0.1, 0.15) is 43.5 Å². The number of benzene rings is 1. The molecule has 1 N–H and O–H groups in total. The normalized spacial score (nSPS) is 35.0. The Morgan fingerprint density at radius 3 is 2.71 bits per heavy atom. The van der Waals surface area contributed by atoms with Gasteiger partial charge in [0.1, 0.15) is 24.9 Å². The molecule has 0 aromatic heterocycles. The molecular weight excluding hydrogens is 312 g/mol. The number of carbonyl (C=O) groups is 1. The van der Waals surface area contributed by atoms with E-state index in [4.69, 9.17) is 18.9 Å². The van der Waals surface area contributed by atoms with Gasteiger partial charge in [0.05, 0.1) is 5.56 Å². The van der Waals surface area contributed by atoms with Crippen molar-refractivity contribution in [3.05, 3.63) is 35.9 Å². The Morgan fingerprint density at radius 1 is 1.29 bits per heavy atom. The Bertz CT molecular complexity index is 562. The van der Waals surface area contributed by atoms with Crippen molar-refractivity contribution in [2.45, 2.75) is 63.5 Å². The molecule has 2 aliphatic rings. The Kier molecular flexibility index (Phi) is 5.20. The zero-order valence-corrected chi connectivity index (χ0v) is 14.0. The van der Waals surface area contributed by atoms with Gasteiger partial charge in [0.25, 0.3) is 0 Å². The van der Waals surface area contributed by atoms with Crippen molar-refractivity contribution in [2.75, 3.05) is 6.61 Å². The first-order valence-corrected chi connectivity index (χ1v) is 8.44. The second kappa shape index (κ2) is 7.19. The molecule has 1 aromatic carbocycles. The molecule has 6 nitrogen and oxygen atoms in total. The maximum atomic E-state index is 12.0. The SMILES string of the molecule is CCCCC1(C)OC2OC(COC(=O)c3ccccc3)C(O)C2O1. The minimum atomic E-state index is -0.887. The predicted molar refractivity (Wildman–Crippen MR) is 85.3 cm³/mol. The molecule has 0 bridgehead atoms. The fraction of sp³-hybridized carbons (Fsp3) is 0.611. The number of esters is 1. The maximum Gasteiger partial charge on any atom is 0.338 e. The van der Waals surface area contributed by atoms with Crippen molar-refractivity contribution in [2.24, 2.45) is 0 Å². The number of unbranched alkanes of at least 4 members (excludes halogenated alkanes) is 1. The minimum absolute atomic E-state index is 0.0414. The van der Waals surface area contributed by atoms with E-state index in [1.54, 1.807) is 24.3 Å². The van der Waals surface area contributed by atoms with Gasteiger partial charge in [0.15, 0.2) is 12.1 Å². The summed E-state index contributed by atoms with van der Waals surface area (Å²) < 4.78 is 22.6. The summed E-state index contributed by atoms with van der Waals surface area (Å²) in [5.41, 5.74) is 0.463. The number of ether oxygens (including phenoxy) is 4. The standard InChI is InChI=1S/C18H24O6/c1-3-4-10-18(2)23-15-14(19)13(22-17(15)24-18)11-21-16(20)12-8-6-5-7-9-12/h5-9,13-15,17,19H,3-4,10-11H2,1-2H3. The fourth-order valence-corrected chi connectivity index (χ4v) is 3.05. The smallest absolute Gasteiger partial charge is 0.338 e. The molecule has 3 rings (SSSR count). The van der Waals surface area contributed by atoms with Crippen molar-refractivity contribution in [1.82, 2.24) is 0 Å². The summed E-state index contributed by atoms with van der Waals surface area (Å²) in [5, 5.41) is 10.4. The monoisotopic (exact) mass is 336 g/mol. The van der Waals surface area contributed by atoms with E-state index in [0.717, 1.165) is 19.3 Å². The Hall–Kier alpha value is -1.47. The summed E-state index contributed by atoms with van der Waals surface area (Å²) >= 11 is 0. The van der Waals surface area contributed by atoms with Crippen LogP contribution in [0.2, 0.25) is 0 Å². The van der Waals surface area contributed by atoms with E-state index >= 15 is 0 Å². The van der Waals surface area contributed by atoms with E-state index in [1.807, 2.05) is 13.0 Å². The first kappa shape index (κ1) is 17.4. The van der Waals surface area contributed by atoms with E-state index in [1.165, 1.54) is 0 Å². The van der Waals surface area contributed by atoms with E-state index in [2.05, 4.69) is 6.92 Å². The van der Waals surface area contributed by atoms with Gasteiger partial charge in [-0.05, 0) is 25.5 Å².